The third kappa shape index (κ3) is 4.41. The minimum absolute atomic E-state index is 0.0192. The van der Waals surface area contributed by atoms with Gasteiger partial charge in [0.1, 0.15) is 5.00 Å². The second-order valence-corrected chi connectivity index (χ2v) is 9.00. The molecule has 0 spiro atoms. The number of hydrogen-bond acceptors (Lipinski definition) is 5. The van der Waals surface area contributed by atoms with Crippen LogP contribution >= 0.6 is 22.9 Å². The molecule has 4 rings (SSSR count). The Kier molecular flexibility index (Phi) is 6.06. The molecule has 5 nitrogen and oxygen atoms in total. The highest BCUT2D eigenvalue weighted by atomic mass is 35.5. The normalized spacial score (nSPS) is 16.7. The van der Waals surface area contributed by atoms with E-state index in [0.29, 0.717) is 5.76 Å². The number of rotatable bonds is 5. The number of thiophene rings is 1. The lowest BCUT2D eigenvalue weighted by Gasteiger charge is -2.38. The van der Waals surface area contributed by atoms with Crippen molar-refractivity contribution in [3.05, 3.63) is 75.5 Å². The number of amides is 1. The van der Waals surface area contributed by atoms with Gasteiger partial charge in [0.15, 0.2) is 5.76 Å². The lowest BCUT2D eigenvalue weighted by Crippen LogP contribution is -2.46. The predicted molar refractivity (Wildman–Crippen MR) is 118 cm³/mol. The van der Waals surface area contributed by atoms with Crippen LogP contribution in [0.25, 0.3) is 0 Å². The van der Waals surface area contributed by atoms with E-state index in [0.717, 1.165) is 52.2 Å². The van der Waals surface area contributed by atoms with Gasteiger partial charge in [-0.3, -0.25) is 9.69 Å². The maximum absolute atomic E-state index is 12.6. The molecule has 7 heteroatoms. The third-order valence-electron chi connectivity index (χ3n) is 5.25. The van der Waals surface area contributed by atoms with Gasteiger partial charge in [-0.2, -0.15) is 0 Å². The van der Waals surface area contributed by atoms with Crippen molar-refractivity contribution in [2.75, 3.05) is 38.5 Å². The van der Waals surface area contributed by atoms with E-state index >= 15 is 0 Å². The van der Waals surface area contributed by atoms with Crippen LogP contribution in [0.3, 0.4) is 0 Å². The van der Waals surface area contributed by atoms with Crippen LogP contribution in [0.15, 0.2) is 53.1 Å². The smallest absolute Gasteiger partial charge is 0.291 e. The fourth-order valence-corrected chi connectivity index (χ4v) is 4.92. The zero-order valence-electron chi connectivity index (χ0n) is 16.5. The second-order valence-electron chi connectivity index (χ2n) is 7.34. The molecule has 1 aliphatic heterocycles. The molecule has 1 aliphatic rings. The lowest BCUT2D eigenvalue weighted by molar-refractivity contribution is 0.0996. The zero-order chi connectivity index (χ0) is 20.4. The predicted octanol–water partition coefficient (Wildman–Crippen LogP) is 4.89. The van der Waals surface area contributed by atoms with E-state index in [-0.39, 0.29) is 11.9 Å². The van der Waals surface area contributed by atoms with E-state index < -0.39 is 0 Å². The molecular weight excluding hydrogens is 406 g/mol. The van der Waals surface area contributed by atoms with Gasteiger partial charge < -0.3 is 14.6 Å². The van der Waals surface area contributed by atoms with Crippen LogP contribution in [-0.2, 0) is 0 Å². The Bertz CT molecular complexity index is 978. The van der Waals surface area contributed by atoms with Gasteiger partial charge in [-0.15, -0.1) is 11.3 Å². The van der Waals surface area contributed by atoms with Gasteiger partial charge in [-0.05, 0) is 43.8 Å². The Morgan fingerprint density at radius 1 is 1.14 bits per heavy atom. The number of furan rings is 1. The summed E-state index contributed by atoms with van der Waals surface area (Å²) in [5.41, 5.74) is 2.13. The molecule has 1 N–H and O–H groups in total. The van der Waals surface area contributed by atoms with Crippen molar-refractivity contribution in [2.45, 2.75) is 13.0 Å². The Morgan fingerprint density at radius 3 is 2.59 bits per heavy atom. The maximum atomic E-state index is 12.6. The average molecular weight is 430 g/mol. The Labute approximate surface area is 179 Å². The van der Waals surface area contributed by atoms with E-state index in [1.165, 1.54) is 6.26 Å². The number of nitrogens with one attached hydrogen (secondary N) is 1. The number of carbonyl (C=O) groups excluding carboxylic acids is 1. The minimum Gasteiger partial charge on any atom is -0.459 e. The van der Waals surface area contributed by atoms with Crippen LogP contribution in [0.4, 0.5) is 5.00 Å². The Balaban J connectivity index is 1.73. The van der Waals surface area contributed by atoms with Gasteiger partial charge >= 0.3 is 0 Å². The number of piperazine rings is 1. The number of halogens is 1. The molecule has 152 valence electrons. The van der Waals surface area contributed by atoms with Crippen molar-refractivity contribution in [2.24, 2.45) is 0 Å². The van der Waals surface area contributed by atoms with Gasteiger partial charge in [0.2, 0.25) is 0 Å². The van der Waals surface area contributed by atoms with E-state index in [4.69, 9.17) is 16.0 Å². The van der Waals surface area contributed by atoms with Crippen LogP contribution in [0.2, 0.25) is 5.02 Å². The summed E-state index contributed by atoms with van der Waals surface area (Å²) >= 11 is 8.21. The first-order valence-electron chi connectivity index (χ1n) is 9.65. The summed E-state index contributed by atoms with van der Waals surface area (Å²) in [7, 11) is 2.14. The molecule has 2 aromatic heterocycles. The van der Waals surface area contributed by atoms with Gasteiger partial charge in [0.05, 0.1) is 12.3 Å². The number of anilines is 1. The molecule has 1 fully saturated rings. The van der Waals surface area contributed by atoms with E-state index in [1.54, 1.807) is 23.5 Å². The van der Waals surface area contributed by atoms with E-state index in [9.17, 15) is 4.79 Å². The zero-order valence-corrected chi connectivity index (χ0v) is 18.1. The van der Waals surface area contributed by atoms with Crippen molar-refractivity contribution in [3.8, 4) is 0 Å². The molecule has 1 atom stereocenters. The molecule has 29 heavy (non-hydrogen) atoms. The Morgan fingerprint density at radius 2 is 1.90 bits per heavy atom. The average Bonchev–Trinajstić information content (AvgIpc) is 3.35. The standard InChI is InChI=1S/C22H24ClN3O2S/c1-15-14-17(22(29-15)24-21(27)19-8-5-13-28-19)20(16-6-3-4-7-18(16)23)26-11-9-25(2)10-12-26/h3-8,13-14,20H,9-12H2,1-2H3,(H,24,27)/t20-/m0/s1. The number of aryl methyl sites for hydroxylation is 1. The van der Waals surface area contributed by atoms with Crippen molar-refractivity contribution >= 4 is 33.8 Å². The van der Waals surface area contributed by atoms with Crippen LogP contribution in [0.1, 0.15) is 32.6 Å². The van der Waals surface area contributed by atoms with Gasteiger partial charge in [-0.25, -0.2) is 0 Å². The molecule has 1 saturated heterocycles. The maximum Gasteiger partial charge on any atom is 0.291 e. The summed E-state index contributed by atoms with van der Waals surface area (Å²) in [5, 5.41) is 4.64. The fraction of sp³-hybridized carbons (Fsp3) is 0.318. The second kappa shape index (κ2) is 8.71. The summed E-state index contributed by atoms with van der Waals surface area (Å²) < 4.78 is 5.26. The fourth-order valence-electron chi connectivity index (χ4n) is 3.75. The highest BCUT2D eigenvalue weighted by molar-refractivity contribution is 7.16. The molecule has 0 unspecified atom stereocenters. The number of carbonyl (C=O) groups is 1. The molecular formula is C22H24ClN3O2S. The van der Waals surface area contributed by atoms with Crippen molar-refractivity contribution < 1.29 is 9.21 Å². The van der Waals surface area contributed by atoms with Gasteiger partial charge in [0.25, 0.3) is 5.91 Å². The molecule has 0 bridgehead atoms. The van der Waals surface area contributed by atoms with Crippen LogP contribution < -0.4 is 5.32 Å². The molecule has 0 saturated carbocycles. The van der Waals surface area contributed by atoms with E-state index in [1.807, 2.05) is 18.2 Å². The van der Waals surface area contributed by atoms with Crippen molar-refractivity contribution in [3.63, 3.8) is 0 Å². The highest BCUT2D eigenvalue weighted by Gasteiger charge is 2.30. The van der Waals surface area contributed by atoms with Crippen LogP contribution in [0.5, 0.6) is 0 Å². The number of benzene rings is 1. The molecule has 0 radical (unpaired) electrons. The van der Waals surface area contributed by atoms with Crippen LogP contribution in [0, 0.1) is 6.92 Å². The van der Waals surface area contributed by atoms with E-state index in [2.05, 4.69) is 41.2 Å². The van der Waals surface area contributed by atoms with Crippen molar-refractivity contribution in [1.82, 2.24) is 9.80 Å². The number of nitrogens with zero attached hydrogens (tertiary/aromatic N) is 2. The van der Waals surface area contributed by atoms with Gasteiger partial charge in [0, 0.05) is 41.6 Å². The largest absolute Gasteiger partial charge is 0.459 e. The summed E-state index contributed by atoms with van der Waals surface area (Å²) in [6, 6.07) is 13.5. The first-order valence-corrected chi connectivity index (χ1v) is 10.8. The number of hydrogen-bond donors (Lipinski definition) is 1. The monoisotopic (exact) mass is 429 g/mol. The summed E-state index contributed by atoms with van der Waals surface area (Å²) in [6.07, 6.45) is 1.51. The SMILES string of the molecule is Cc1cc([C@H](c2ccccc2Cl)N2CCN(C)CC2)c(NC(=O)c2ccco2)s1. The topological polar surface area (TPSA) is 48.7 Å². The summed E-state index contributed by atoms with van der Waals surface area (Å²) in [6.45, 7) is 5.93. The minimum atomic E-state index is -0.241. The summed E-state index contributed by atoms with van der Waals surface area (Å²) in [4.78, 5) is 18.6. The molecule has 3 aromatic rings. The molecule has 1 aromatic carbocycles. The van der Waals surface area contributed by atoms with Gasteiger partial charge in [-0.1, -0.05) is 29.8 Å². The first kappa shape index (κ1) is 20.2. The lowest BCUT2D eigenvalue weighted by atomic mass is 9.97. The molecule has 0 aliphatic carbocycles. The quantitative estimate of drug-likeness (QED) is 0.627. The Hall–Kier alpha value is -2.12. The first-order chi connectivity index (χ1) is 14.0. The number of likely N-dealkylation sites (N-methyl/N-ethyl adjacent to an activating group) is 1. The highest BCUT2D eigenvalue weighted by Crippen LogP contribution is 2.41. The molecule has 1 amide bonds. The molecule has 3 heterocycles. The van der Waals surface area contributed by atoms with Crippen molar-refractivity contribution in [1.29, 1.82) is 0 Å². The third-order valence-corrected chi connectivity index (χ3v) is 6.58. The summed E-state index contributed by atoms with van der Waals surface area (Å²) in [5.74, 6) is 0.0604. The van der Waals surface area contributed by atoms with Crippen LogP contribution in [-0.4, -0.2) is 48.9 Å².